The van der Waals surface area contributed by atoms with E-state index in [1.54, 1.807) is 29.8 Å². The van der Waals surface area contributed by atoms with Crippen LogP contribution in [0.25, 0.3) is 27.8 Å². The number of benzene rings is 2. The van der Waals surface area contributed by atoms with Crippen molar-refractivity contribution < 1.29 is 22.2 Å². The standard InChI is InChI=1S/C21H19F3N6O2S/c1-29-26-18-16-12-13(20(31)28-33(32)10-8-25-9-11-33)2-7-17(16)30(19(18)27-29)15-5-3-14(4-6-15)21(22,23)24/h2-7,12,25H,8-11H2,1H3. The van der Waals surface area contributed by atoms with Gasteiger partial charge >= 0.3 is 6.18 Å². The van der Waals surface area contributed by atoms with Crippen LogP contribution in [0.3, 0.4) is 0 Å². The Morgan fingerprint density at radius 2 is 1.79 bits per heavy atom. The minimum atomic E-state index is -4.44. The van der Waals surface area contributed by atoms with Gasteiger partial charge in [0, 0.05) is 48.3 Å². The third-order valence-corrected chi connectivity index (χ3v) is 7.73. The van der Waals surface area contributed by atoms with Crippen molar-refractivity contribution in [1.29, 1.82) is 0 Å². The predicted octanol–water partition coefficient (Wildman–Crippen LogP) is 3.14. The molecule has 0 saturated carbocycles. The summed E-state index contributed by atoms with van der Waals surface area (Å²) in [5.41, 5.74) is 1.56. The molecule has 4 aromatic rings. The molecule has 8 nitrogen and oxygen atoms in total. The second-order valence-corrected chi connectivity index (χ2v) is 10.3. The maximum Gasteiger partial charge on any atom is 0.416 e. The number of hydrogen-bond acceptors (Lipinski definition) is 5. The molecule has 0 bridgehead atoms. The van der Waals surface area contributed by atoms with Crippen molar-refractivity contribution in [2.45, 2.75) is 6.18 Å². The molecule has 2 aromatic heterocycles. The van der Waals surface area contributed by atoms with Crippen LogP contribution in [0.2, 0.25) is 0 Å². The fourth-order valence-corrected chi connectivity index (χ4v) is 5.66. The van der Waals surface area contributed by atoms with Crippen LogP contribution < -0.4 is 5.32 Å². The number of nitrogens with one attached hydrogen (secondary N) is 1. The number of hydrogen-bond donors (Lipinski definition) is 1. The van der Waals surface area contributed by atoms with E-state index in [0.717, 1.165) is 12.1 Å². The van der Waals surface area contributed by atoms with Crippen LogP contribution in [0.1, 0.15) is 15.9 Å². The van der Waals surface area contributed by atoms with E-state index in [1.807, 2.05) is 0 Å². The van der Waals surface area contributed by atoms with Crippen molar-refractivity contribution in [2.75, 3.05) is 24.6 Å². The van der Waals surface area contributed by atoms with Gasteiger partial charge in [-0.05, 0) is 42.5 Å². The fraction of sp³-hybridized carbons (Fsp3) is 0.286. The van der Waals surface area contributed by atoms with Crippen molar-refractivity contribution in [1.82, 2.24) is 24.9 Å². The van der Waals surface area contributed by atoms with Gasteiger partial charge in [-0.1, -0.05) is 0 Å². The van der Waals surface area contributed by atoms with Crippen molar-refractivity contribution in [3.8, 4) is 5.69 Å². The van der Waals surface area contributed by atoms with Gasteiger partial charge in [-0.15, -0.1) is 5.10 Å². The molecule has 0 aliphatic carbocycles. The van der Waals surface area contributed by atoms with Crippen molar-refractivity contribution in [3.63, 3.8) is 0 Å². The first kappa shape index (κ1) is 21.6. The van der Waals surface area contributed by atoms with E-state index < -0.39 is 27.4 Å². The van der Waals surface area contributed by atoms with Gasteiger partial charge in [-0.3, -0.25) is 9.36 Å². The number of rotatable bonds is 2. The van der Waals surface area contributed by atoms with E-state index >= 15 is 0 Å². The van der Waals surface area contributed by atoms with Crippen LogP contribution in [0.15, 0.2) is 46.8 Å². The molecular formula is C21H19F3N6O2S. The normalized spacial score (nSPS) is 16.4. The van der Waals surface area contributed by atoms with E-state index in [9.17, 15) is 22.2 Å². The molecule has 0 atom stereocenters. The van der Waals surface area contributed by atoms with E-state index in [-0.39, 0.29) is 5.56 Å². The lowest BCUT2D eigenvalue weighted by Crippen LogP contribution is -2.36. The predicted molar refractivity (Wildman–Crippen MR) is 118 cm³/mol. The molecule has 33 heavy (non-hydrogen) atoms. The van der Waals surface area contributed by atoms with Crippen LogP contribution in [-0.2, 0) is 23.0 Å². The summed E-state index contributed by atoms with van der Waals surface area (Å²) < 4.78 is 57.5. The molecule has 0 spiro atoms. The van der Waals surface area contributed by atoms with Crippen LogP contribution in [0.5, 0.6) is 0 Å². The number of carbonyl (C=O) groups excluding carboxylic acids is 1. The third kappa shape index (κ3) is 3.89. The molecule has 1 saturated heterocycles. The lowest BCUT2D eigenvalue weighted by Gasteiger charge is -2.16. The molecule has 5 rings (SSSR count). The summed E-state index contributed by atoms with van der Waals surface area (Å²) in [5, 5.41) is 12.4. The lowest BCUT2D eigenvalue weighted by atomic mass is 10.1. The van der Waals surface area contributed by atoms with Gasteiger partial charge < -0.3 is 5.32 Å². The largest absolute Gasteiger partial charge is 0.416 e. The third-order valence-electron chi connectivity index (χ3n) is 5.55. The summed E-state index contributed by atoms with van der Waals surface area (Å²) in [6.45, 7) is 1.09. The Balaban J connectivity index is 1.64. The molecule has 1 N–H and O–H groups in total. The number of halogens is 3. The molecule has 0 radical (unpaired) electrons. The number of carbonyl (C=O) groups is 1. The molecule has 1 amide bonds. The number of amides is 1. The molecule has 1 aliphatic heterocycles. The molecule has 172 valence electrons. The smallest absolute Gasteiger partial charge is 0.315 e. The average Bonchev–Trinajstić information content (AvgIpc) is 3.27. The topological polar surface area (TPSA) is 94.2 Å². The Morgan fingerprint density at radius 1 is 1.09 bits per heavy atom. The van der Waals surface area contributed by atoms with E-state index in [4.69, 9.17) is 0 Å². The number of aromatic nitrogens is 4. The van der Waals surface area contributed by atoms with Crippen LogP contribution in [0.4, 0.5) is 13.2 Å². The van der Waals surface area contributed by atoms with E-state index in [1.165, 1.54) is 16.9 Å². The maximum absolute atomic E-state index is 13.0. The van der Waals surface area contributed by atoms with Crippen LogP contribution >= 0.6 is 0 Å². The molecule has 0 unspecified atom stereocenters. The second kappa shape index (κ2) is 7.66. The highest BCUT2D eigenvalue weighted by atomic mass is 32.2. The Bertz CT molecular complexity index is 1500. The number of fused-ring (bicyclic) bond motifs is 3. The Kier molecular flexibility index (Phi) is 5.01. The maximum atomic E-state index is 13.0. The molecule has 3 heterocycles. The zero-order valence-corrected chi connectivity index (χ0v) is 18.3. The minimum Gasteiger partial charge on any atom is -0.315 e. The van der Waals surface area contributed by atoms with E-state index in [2.05, 4.69) is 19.9 Å². The van der Waals surface area contributed by atoms with Gasteiger partial charge in [0.25, 0.3) is 5.91 Å². The summed E-state index contributed by atoms with van der Waals surface area (Å²) >= 11 is 0. The Labute approximate surface area is 186 Å². The van der Waals surface area contributed by atoms with Gasteiger partial charge in [0.2, 0.25) is 0 Å². The van der Waals surface area contributed by atoms with Gasteiger partial charge in [0.05, 0.1) is 20.8 Å². The number of nitrogens with zero attached hydrogens (tertiary/aromatic N) is 5. The first-order chi connectivity index (χ1) is 15.6. The highest BCUT2D eigenvalue weighted by molar-refractivity contribution is 7.94. The Hall–Kier alpha value is -3.25. The first-order valence-corrected chi connectivity index (χ1v) is 12.0. The van der Waals surface area contributed by atoms with Gasteiger partial charge in [0.1, 0.15) is 5.52 Å². The zero-order chi connectivity index (χ0) is 23.4. The number of alkyl halides is 3. The summed E-state index contributed by atoms with van der Waals surface area (Å²) in [5.74, 6) is 0.0717. The molecular weight excluding hydrogens is 457 g/mol. The molecule has 12 heteroatoms. The molecule has 2 aromatic carbocycles. The summed E-state index contributed by atoms with van der Waals surface area (Å²) in [6, 6.07) is 9.61. The summed E-state index contributed by atoms with van der Waals surface area (Å²) in [6.07, 6.45) is -4.44. The number of aryl methyl sites for hydroxylation is 1. The minimum absolute atomic E-state index is 0.265. The average molecular weight is 476 g/mol. The Morgan fingerprint density at radius 3 is 2.45 bits per heavy atom. The lowest BCUT2D eigenvalue weighted by molar-refractivity contribution is -0.137. The molecule has 1 fully saturated rings. The van der Waals surface area contributed by atoms with E-state index in [0.29, 0.717) is 52.3 Å². The van der Waals surface area contributed by atoms with Gasteiger partial charge in [-0.2, -0.15) is 27.4 Å². The highest BCUT2D eigenvalue weighted by Gasteiger charge is 2.30. The van der Waals surface area contributed by atoms with Crippen molar-refractivity contribution in [3.05, 3.63) is 53.6 Å². The van der Waals surface area contributed by atoms with Gasteiger partial charge in [0.15, 0.2) is 5.65 Å². The zero-order valence-electron chi connectivity index (χ0n) is 17.5. The second-order valence-electron chi connectivity index (χ2n) is 7.80. The first-order valence-electron chi connectivity index (χ1n) is 10.2. The summed E-state index contributed by atoms with van der Waals surface area (Å²) in [7, 11) is -0.966. The summed E-state index contributed by atoms with van der Waals surface area (Å²) in [4.78, 5) is 14.1. The quantitative estimate of drug-likeness (QED) is 0.480. The van der Waals surface area contributed by atoms with Crippen LogP contribution in [-0.4, -0.2) is 54.3 Å². The van der Waals surface area contributed by atoms with Crippen molar-refractivity contribution in [2.24, 2.45) is 11.4 Å². The fourth-order valence-electron chi connectivity index (χ4n) is 3.94. The monoisotopic (exact) mass is 476 g/mol. The SMILES string of the molecule is Cn1nc2c3cc(C(=O)N=S4(=O)CCNCC4)ccc3n(-c3ccc(C(F)(F)F)cc3)c2n1. The van der Waals surface area contributed by atoms with Crippen molar-refractivity contribution >= 4 is 37.7 Å². The van der Waals surface area contributed by atoms with Crippen LogP contribution in [0, 0.1) is 0 Å². The molecule has 1 aliphatic rings. The van der Waals surface area contributed by atoms with Gasteiger partial charge in [-0.25, -0.2) is 4.21 Å². The highest BCUT2D eigenvalue weighted by Crippen LogP contribution is 2.33.